The summed E-state index contributed by atoms with van der Waals surface area (Å²) in [6.45, 7) is 0. The Balaban J connectivity index is 2.34. The predicted octanol–water partition coefficient (Wildman–Crippen LogP) is 1.27. The van der Waals surface area contributed by atoms with Gasteiger partial charge in [-0.2, -0.15) is 0 Å². The van der Waals surface area contributed by atoms with Crippen molar-refractivity contribution in [2.45, 2.75) is 18.9 Å². The third-order valence-electron chi connectivity index (χ3n) is 2.54. The van der Waals surface area contributed by atoms with Crippen LogP contribution in [0.4, 0.5) is 5.69 Å². The number of amides is 2. The fraction of sp³-hybridized carbons (Fsp3) is 0.273. The van der Waals surface area contributed by atoms with Crippen molar-refractivity contribution in [3.05, 3.63) is 27.8 Å². The molecule has 0 radical (unpaired) electrons. The van der Waals surface area contributed by atoms with E-state index >= 15 is 0 Å². The zero-order valence-corrected chi connectivity index (χ0v) is 10.7. The number of halogens is 1. The highest BCUT2D eigenvalue weighted by molar-refractivity contribution is 14.1. The highest BCUT2D eigenvalue weighted by Gasteiger charge is 2.32. The number of carbonyl (C=O) groups is 2. The summed E-state index contributed by atoms with van der Waals surface area (Å²) in [6.07, 6.45) is 0.775. The summed E-state index contributed by atoms with van der Waals surface area (Å²) in [5, 5.41) is 0. The largest absolute Gasteiger partial charge is 0.320 e. The van der Waals surface area contributed by atoms with Crippen molar-refractivity contribution in [3.8, 4) is 0 Å². The van der Waals surface area contributed by atoms with Gasteiger partial charge in [0, 0.05) is 9.99 Å². The number of anilines is 1. The maximum absolute atomic E-state index is 11.8. The number of hydrogen-bond donors (Lipinski definition) is 1. The second kappa shape index (κ2) is 4.50. The summed E-state index contributed by atoms with van der Waals surface area (Å²) in [5.74, 6) is -0.481. The molecule has 1 aliphatic rings. The van der Waals surface area contributed by atoms with Gasteiger partial charge in [-0.1, -0.05) is 0 Å². The van der Waals surface area contributed by atoms with Crippen LogP contribution in [0.25, 0.3) is 0 Å². The topological polar surface area (TPSA) is 63.4 Å². The van der Waals surface area contributed by atoms with Crippen molar-refractivity contribution >= 4 is 40.1 Å². The molecule has 0 spiro atoms. The zero-order valence-electron chi connectivity index (χ0n) is 8.52. The lowest BCUT2D eigenvalue weighted by molar-refractivity contribution is -0.130. The van der Waals surface area contributed by atoms with Crippen molar-refractivity contribution in [3.63, 3.8) is 0 Å². The number of nitrogens with zero attached hydrogens (tertiary/aromatic N) is 1. The molecule has 0 bridgehead atoms. The fourth-order valence-electron chi connectivity index (χ4n) is 1.66. The van der Waals surface area contributed by atoms with Gasteiger partial charge in [0.15, 0.2) is 0 Å². The minimum atomic E-state index is -0.558. The van der Waals surface area contributed by atoms with Crippen LogP contribution in [0.5, 0.6) is 0 Å². The molecule has 1 atom stereocenters. The molecule has 16 heavy (non-hydrogen) atoms. The molecule has 5 heteroatoms. The molecule has 0 unspecified atom stereocenters. The van der Waals surface area contributed by atoms with E-state index in [4.69, 9.17) is 5.73 Å². The van der Waals surface area contributed by atoms with Gasteiger partial charge < -0.3 is 5.73 Å². The summed E-state index contributed by atoms with van der Waals surface area (Å²) in [6, 6.07) is 6.68. The normalized spacial score (nSPS) is 21.4. The molecule has 0 aliphatic carbocycles. The van der Waals surface area contributed by atoms with Crippen LogP contribution in [-0.2, 0) is 9.59 Å². The van der Waals surface area contributed by atoms with Crippen molar-refractivity contribution in [1.82, 2.24) is 0 Å². The summed E-state index contributed by atoms with van der Waals surface area (Å²) in [5.41, 5.74) is 6.26. The molecule has 1 aliphatic heterocycles. The van der Waals surface area contributed by atoms with E-state index in [0.717, 1.165) is 3.57 Å². The highest BCUT2D eigenvalue weighted by Crippen LogP contribution is 2.22. The lowest BCUT2D eigenvalue weighted by Crippen LogP contribution is -2.51. The molecule has 1 aromatic carbocycles. The molecule has 1 saturated heterocycles. The molecule has 2 N–H and O–H groups in total. The molecule has 4 nitrogen and oxygen atoms in total. The van der Waals surface area contributed by atoms with Crippen molar-refractivity contribution in [1.29, 1.82) is 0 Å². The molecule has 2 amide bonds. The molecule has 1 heterocycles. The molecule has 1 fully saturated rings. The maximum atomic E-state index is 11.8. The van der Waals surface area contributed by atoms with Gasteiger partial charge in [-0.3, -0.25) is 9.59 Å². The monoisotopic (exact) mass is 330 g/mol. The number of carbonyl (C=O) groups excluding carboxylic acids is 2. The van der Waals surface area contributed by atoms with E-state index in [2.05, 4.69) is 22.6 Å². The van der Waals surface area contributed by atoms with Crippen LogP contribution in [0.1, 0.15) is 12.8 Å². The number of rotatable bonds is 1. The predicted molar refractivity (Wildman–Crippen MR) is 68.9 cm³/mol. The van der Waals surface area contributed by atoms with E-state index in [1.807, 2.05) is 12.1 Å². The Kier molecular flexibility index (Phi) is 3.25. The van der Waals surface area contributed by atoms with E-state index in [-0.39, 0.29) is 11.8 Å². The van der Waals surface area contributed by atoms with Gasteiger partial charge in [0.1, 0.15) is 0 Å². The average Bonchev–Trinajstić information content (AvgIpc) is 2.27. The minimum Gasteiger partial charge on any atom is -0.320 e. The number of imide groups is 1. The van der Waals surface area contributed by atoms with Crippen LogP contribution in [-0.4, -0.2) is 17.9 Å². The second-order valence-electron chi connectivity index (χ2n) is 3.69. The fourth-order valence-corrected chi connectivity index (χ4v) is 2.02. The van der Waals surface area contributed by atoms with Gasteiger partial charge in [-0.15, -0.1) is 0 Å². The lowest BCUT2D eigenvalue weighted by atomic mass is 10.0. The smallest absolute Gasteiger partial charge is 0.250 e. The number of benzene rings is 1. The summed E-state index contributed by atoms with van der Waals surface area (Å²) < 4.78 is 1.06. The van der Waals surface area contributed by atoms with Gasteiger partial charge in [-0.25, -0.2) is 4.90 Å². The van der Waals surface area contributed by atoms with Crippen molar-refractivity contribution in [2.75, 3.05) is 4.90 Å². The first-order valence-corrected chi connectivity index (χ1v) is 6.05. The molecule has 84 valence electrons. The number of nitrogens with two attached hydrogens (primary N) is 1. The SMILES string of the molecule is N[C@H]1CCC(=O)N(c2ccc(I)cc2)C1=O. The van der Waals surface area contributed by atoms with Gasteiger partial charge >= 0.3 is 0 Å². The molecular weight excluding hydrogens is 319 g/mol. The summed E-state index contributed by atoms with van der Waals surface area (Å²) >= 11 is 2.17. The van der Waals surface area contributed by atoms with Gasteiger partial charge in [0.25, 0.3) is 5.91 Å². The first-order valence-electron chi connectivity index (χ1n) is 4.97. The first-order chi connectivity index (χ1) is 7.59. The molecule has 0 aromatic heterocycles. The molecule has 1 aromatic rings. The molecule has 0 saturated carbocycles. The van der Waals surface area contributed by atoms with Crippen molar-refractivity contribution in [2.24, 2.45) is 5.73 Å². The quantitative estimate of drug-likeness (QED) is 0.623. The van der Waals surface area contributed by atoms with Crippen LogP contribution in [0.15, 0.2) is 24.3 Å². The Morgan fingerprint density at radius 3 is 2.50 bits per heavy atom. The Morgan fingerprint density at radius 1 is 1.25 bits per heavy atom. The Morgan fingerprint density at radius 2 is 1.88 bits per heavy atom. The third kappa shape index (κ3) is 2.10. The first kappa shape index (κ1) is 11.5. The van der Waals surface area contributed by atoms with Crippen LogP contribution in [0.3, 0.4) is 0 Å². The number of piperidine rings is 1. The standard InChI is InChI=1S/C11H11IN2O2/c12-7-1-3-8(4-2-7)14-10(15)6-5-9(13)11(14)16/h1-4,9H,5-6,13H2/t9-/m0/s1. The van der Waals surface area contributed by atoms with Crippen LogP contribution in [0.2, 0.25) is 0 Å². The number of hydrogen-bond acceptors (Lipinski definition) is 3. The second-order valence-corrected chi connectivity index (χ2v) is 4.93. The lowest BCUT2D eigenvalue weighted by Gasteiger charge is -2.28. The molecule has 2 rings (SSSR count). The third-order valence-corrected chi connectivity index (χ3v) is 3.26. The van der Waals surface area contributed by atoms with E-state index < -0.39 is 6.04 Å². The average molecular weight is 330 g/mol. The van der Waals surface area contributed by atoms with Crippen molar-refractivity contribution < 1.29 is 9.59 Å². The van der Waals surface area contributed by atoms with Crippen LogP contribution in [0, 0.1) is 3.57 Å². The van der Waals surface area contributed by atoms with Gasteiger partial charge in [0.05, 0.1) is 11.7 Å². The van der Waals surface area contributed by atoms with Gasteiger partial charge in [0.2, 0.25) is 5.91 Å². The summed E-state index contributed by atoms with van der Waals surface area (Å²) in [7, 11) is 0. The van der Waals surface area contributed by atoms with E-state index in [9.17, 15) is 9.59 Å². The van der Waals surface area contributed by atoms with Crippen LogP contribution >= 0.6 is 22.6 Å². The van der Waals surface area contributed by atoms with E-state index in [1.54, 1.807) is 12.1 Å². The molecular formula is C11H11IN2O2. The highest BCUT2D eigenvalue weighted by atomic mass is 127. The van der Waals surface area contributed by atoms with E-state index in [1.165, 1.54) is 4.90 Å². The Hall–Kier alpha value is -0.950. The Bertz CT molecular complexity index is 430. The summed E-state index contributed by atoms with van der Waals surface area (Å²) in [4.78, 5) is 24.7. The zero-order chi connectivity index (χ0) is 11.7. The minimum absolute atomic E-state index is 0.173. The Labute approximate surface area is 107 Å². The van der Waals surface area contributed by atoms with Gasteiger partial charge in [-0.05, 0) is 53.3 Å². The van der Waals surface area contributed by atoms with E-state index in [0.29, 0.717) is 18.5 Å². The maximum Gasteiger partial charge on any atom is 0.250 e. The van der Waals surface area contributed by atoms with Crippen LogP contribution < -0.4 is 10.6 Å².